The molecule has 0 aromatic carbocycles. The fraction of sp³-hybridized carbons (Fsp3) is 0.882. The van der Waals surface area contributed by atoms with E-state index in [-0.39, 0.29) is 0 Å². The molecule has 0 aromatic rings. The van der Waals surface area contributed by atoms with Crippen LogP contribution < -0.4 is 5.32 Å². The molecular weight excluding hydrogens is 232 g/mol. The van der Waals surface area contributed by atoms with E-state index in [2.05, 4.69) is 43.6 Å². The maximum absolute atomic E-state index is 3.85. The Morgan fingerprint density at radius 1 is 1.32 bits per heavy atom. The van der Waals surface area contributed by atoms with Crippen molar-refractivity contribution in [1.29, 1.82) is 0 Å². The van der Waals surface area contributed by atoms with Crippen molar-refractivity contribution >= 4 is 0 Å². The molecule has 1 heterocycles. The zero-order valence-electron chi connectivity index (χ0n) is 13.4. The molecule has 1 aliphatic heterocycles. The van der Waals surface area contributed by atoms with Gasteiger partial charge >= 0.3 is 0 Å². The topological polar surface area (TPSA) is 15.3 Å². The lowest BCUT2D eigenvalue weighted by Crippen LogP contribution is -2.58. The van der Waals surface area contributed by atoms with Gasteiger partial charge in [-0.05, 0) is 71.5 Å². The SMILES string of the molecule is C=CCCCC(NCCC)C(C)(CC)N1CCCC1. The summed E-state index contributed by atoms with van der Waals surface area (Å²) in [6.45, 7) is 14.6. The molecule has 0 aromatic heterocycles. The number of hydrogen-bond acceptors (Lipinski definition) is 2. The summed E-state index contributed by atoms with van der Waals surface area (Å²) in [6.07, 6.45) is 10.9. The number of nitrogens with one attached hydrogen (secondary N) is 1. The Bertz CT molecular complexity index is 246. The standard InChI is InChI=1S/C17H34N2/c1-5-8-9-12-16(18-13-6-2)17(4,7-3)19-14-10-11-15-19/h5,16,18H,1,6-15H2,2-4H3. The molecule has 1 aliphatic rings. The Kier molecular flexibility index (Phi) is 7.70. The summed E-state index contributed by atoms with van der Waals surface area (Å²) >= 11 is 0. The largest absolute Gasteiger partial charge is 0.312 e. The highest BCUT2D eigenvalue weighted by atomic mass is 15.2. The van der Waals surface area contributed by atoms with Crippen molar-refractivity contribution < 1.29 is 0 Å². The van der Waals surface area contributed by atoms with Crippen molar-refractivity contribution in [2.75, 3.05) is 19.6 Å². The second kappa shape index (κ2) is 8.76. The van der Waals surface area contributed by atoms with E-state index in [9.17, 15) is 0 Å². The van der Waals surface area contributed by atoms with Crippen LogP contribution in [-0.2, 0) is 0 Å². The molecule has 112 valence electrons. The molecule has 1 saturated heterocycles. The summed E-state index contributed by atoms with van der Waals surface area (Å²) in [5.74, 6) is 0. The van der Waals surface area contributed by atoms with Gasteiger partial charge in [-0.15, -0.1) is 6.58 Å². The van der Waals surface area contributed by atoms with Crippen LogP contribution in [0.25, 0.3) is 0 Å². The van der Waals surface area contributed by atoms with E-state index in [1.807, 2.05) is 0 Å². The summed E-state index contributed by atoms with van der Waals surface area (Å²) in [4.78, 5) is 2.73. The first-order chi connectivity index (χ1) is 9.19. The Morgan fingerprint density at radius 3 is 2.53 bits per heavy atom. The second-order valence-corrected chi connectivity index (χ2v) is 6.13. The molecule has 2 nitrogen and oxygen atoms in total. The van der Waals surface area contributed by atoms with Gasteiger partial charge in [0.2, 0.25) is 0 Å². The van der Waals surface area contributed by atoms with Gasteiger partial charge < -0.3 is 5.32 Å². The van der Waals surface area contributed by atoms with Crippen molar-refractivity contribution in [3.63, 3.8) is 0 Å². The van der Waals surface area contributed by atoms with Crippen LogP contribution in [0.4, 0.5) is 0 Å². The van der Waals surface area contributed by atoms with Gasteiger partial charge in [-0.3, -0.25) is 4.90 Å². The number of allylic oxidation sites excluding steroid dienone is 1. The van der Waals surface area contributed by atoms with Gasteiger partial charge in [0.05, 0.1) is 0 Å². The zero-order chi connectivity index (χ0) is 14.1. The predicted molar refractivity (Wildman–Crippen MR) is 85.6 cm³/mol. The molecule has 0 radical (unpaired) electrons. The summed E-state index contributed by atoms with van der Waals surface area (Å²) in [5, 5.41) is 3.82. The number of nitrogens with zero attached hydrogens (tertiary/aromatic N) is 1. The monoisotopic (exact) mass is 266 g/mol. The van der Waals surface area contributed by atoms with Gasteiger partial charge in [0.1, 0.15) is 0 Å². The van der Waals surface area contributed by atoms with E-state index >= 15 is 0 Å². The van der Waals surface area contributed by atoms with E-state index in [0.717, 1.165) is 13.0 Å². The molecule has 2 unspecified atom stereocenters. The molecule has 1 rings (SSSR count). The lowest BCUT2D eigenvalue weighted by Gasteiger charge is -2.45. The minimum atomic E-state index is 0.326. The first kappa shape index (κ1) is 16.7. The average molecular weight is 266 g/mol. The van der Waals surface area contributed by atoms with Crippen LogP contribution in [0.5, 0.6) is 0 Å². The highest BCUT2D eigenvalue weighted by Crippen LogP contribution is 2.30. The average Bonchev–Trinajstić information content (AvgIpc) is 2.96. The molecule has 2 atom stereocenters. The highest BCUT2D eigenvalue weighted by Gasteiger charge is 2.38. The van der Waals surface area contributed by atoms with Crippen LogP contribution in [0.1, 0.15) is 65.7 Å². The van der Waals surface area contributed by atoms with Crippen LogP contribution in [0, 0.1) is 0 Å². The Hall–Kier alpha value is -0.340. The van der Waals surface area contributed by atoms with E-state index in [4.69, 9.17) is 0 Å². The van der Waals surface area contributed by atoms with E-state index in [0.29, 0.717) is 11.6 Å². The fourth-order valence-corrected chi connectivity index (χ4v) is 3.34. The maximum Gasteiger partial charge on any atom is 0.0331 e. The van der Waals surface area contributed by atoms with Gasteiger partial charge in [0, 0.05) is 11.6 Å². The summed E-state index contributed by atoms with van der Waals surface area (Å²) < 4.78 is 0. The minimum absolute atomic E-state index is 0.326. The third kappa shape index (κ3) is 4.61. The Morgan fingerprint density at radius 2 is 2.00 bits per heavy atom. The molecule has 1 fully saturated rings. The quantitative estimate of drug-likeness (QED) is 0.475. The lowest BCUT2D eigenvalue weighted by molar-refractivity contribution is 0.0795. The molecule has 0 spiro atoms. The molecule has 0 aliphatic carbocycles. The smallest absolute Gasteiger partial charge is 0.0331 e. The Labute approximate surface area is 120 Å². The van der Waals surface area contributed by atoms with Crippen molar-refractivity contribution in [1.82, 2.24) is 10.2 Å². The summed E-state index contributed by atoms with van der Waals surface area (Å²) in [5.41, 5.74) is 0.326. The van der Waals surface area contributed by atoms with E-state index in [1.54, 1.807) is 0 Å². The highest BCUT2D eigenvalue weighted by molar-refractivity contribution is 4.98. The first-order valence-corrected chi connectivity index (χ1v) is 8.28. The normalized spacial score (nSPS) is 21.2. The van der Waals surface area contributed by atoms with Crippen molar-refractivity contribution in [3.8, 4) is 0 Å². The molecule has 2 heteroatoms. The second-order valence-electron chi connectivity index (χ2n) is 6.13. The van der Waals surface area contributed by atoms with Gasteiger partial charge in [-0.25, -0.2) is 0 Å². The number of likely N-dealkylation sites (tertiary alicyclic amines) is 1. The maximum atomic E-state index is 3.85. The summed E-state index contributed by atoms with van der Waals surface area (Å²) in [7, 11) is 0. The van der Waals surface area contributed by atoms with Crippen LogP contribution in [0.3, 0.4) is 0 Å². The molecular formula is C17H34N2. The van der Waals surface area contributed by atoms with Crippen LogP contribution in [0.15, 0.2) is 12.7 Å². The zero-order valence-corrected chi connectivity index (χ0v) is 13.4. The summed E-state index contributed by atoms with van der Waals surface area (Å²) in [6, 6.07) is 0.621. The van der Waals surface area contributed by atoms with Gasteiger partial charge in [0.25, 0.3) is 0 Å². The molecule has 19 heavy (non-hydrogen) atoms. The van der Waals surface area contributed by atoms with Crippen molar-refractivity contribution in [2.24, 2.45) is 0 Å². The number of rotatable bonds is 10. The van der Waals surface area contributed by atoms with Crippen LogP contribution in [0.2, 0.25) is 0 Å². The fourth-order valence-electron chi connectivity index (χ4n) is 3.34. The van der Waals surface area contributed by atoms with Gasteiger partial charge in [0.15, 0.2) is 0 Å². The third-order valence-electron chi connectivity index (χ3n) is 4.84. The van der Waals surface area contributed by atoms with Crippen LogP contribution >= 0.6 is 0 Å². The van der Waals surface area contributed by atoms with Crippen LogP contribution in [-0.4, -0.2) is 36.1 Å². The van der Waals surface area contributed by atoms with E-state index < -0.39 is 0 Å². The molecule has 0 bridgehead atoms. The first-order valence-electron chi connectivity index (χ1n) is 8.28. The number of hydrogen-bond donors (Lipinski definition) is 1. The van der Waals surface area contributed by atoms with Gasteiger partial charge in [-0.1, -0.05) is 19.9 Å². The molecule has 1 N–H and O–H groups in total. The Balaban J connectivity index is 2.68. The van der Waals surface area contributed by atoms with Crippen molar-refractivity contribution in [3.05, 3.63) is 12.7 Å². The molecule has 0 saturated carbocycles. The van der Waals surface area contributed by atoms with Gasteiger partial charge in [-0.2, -0.15) is 0 Å². The predicted octanol–water partition coefficient (Wildman–Crippen LogP) is 3.98. The number of unbranched alkanes of at least 4 members (excludes halogenated alkanes) is 1. The minimum Gasteiger partial charge on any atom is -0.312 e. The lowest BCUT2D eigenvalue weighted by atomic mass is 9.84. The molecule has 0 amide bonds. The van der Waals surface area contributed by atoms with E-state index in [1.165, 1.54) is 51.6 Å². The van der Waals surface area contributed by atoms with Crippen molar-refractivity contribution in [2.45, 2.75) is 77.3 Å². The third-order valence-corrected chi connectivity index (χ3v) is 4.84.